The first-order valence-electron chi connectivity index (χ1n) is 9.57. The maximum Gasteiger partial charge on any atom is 0.239 e. The number of carbonyl (C=O) groups is 1. The molecule has 1 aliphatic rings. The Bertz CT molecular complexity index is 920. The Labute approximate surface area is 176 Å². The number of hydrogen-bond acceptors (Lipinski definition) is 5. The van der Waals surface area contributed by atoms with Crippen LogP contribution in [-0.4, -0.2) is 29.1 Å². The van der Waals surface area contributed by atoms with E-state index in [1.165, 1.54) is 17.3 Å². The monoisotopic (exact) mass is 407 g/mol. The summed E-state index contributed by atoms with van der Waals surface area (Å²) in [5.74, 6) is 1.17. The van der Waals surface area contributed by atoms with Crippen molar-refractivity contribution < 1.29 is 9.53 Å². The molecule has 0 aromatic heterocycles. The topological polar surface area (TPSA) is 63.1 Å². The fourth-order valence-corrected chi connectivity index (χ4v) is 3.82. The summed E-state index contributed by atoms with van der Waals surface area (Å²) in [6.45, 7) is 8.41. The van der Waals surface area contributed by atoms with Gasteiger partial charge in [-0.05, 0) is 35.6 Å². The molecule has 0 radical (unpaired) electrons. The SMILES string of the molecule is C=CCOc1ccccc1/C=N/N=C1\NC(=O)C(Cc2ccc(C(C)C)cc2)S1. The molecule has 1 heterocycles. The van der Waals surface area contributed by atoms with Crippen molar-refractivity contribution in [2.45, 2.75) is 31.4 Å². The number of benzene rings is 2. The molecule has 1 aliphatic heterocycles. The second kappa shape index (κ2) is 10.1. The van der Waals surface area contributed by atoms with Crippen LogP contribution in [0.15, 0.2) is 71.4 Å². The number of para-hydroxylation sites is 1. The van der Waals surface area contributed by atoms with Crippen molar-refractivity contribution in [2.24, 2.45) is 10.2 Å². The van der Waals surface area contributed by atoms with Crippen LogP contribution in [0.2, 0.25) is 0 Å². The fourth-order valence-electron chi connectivity index (χ4n) is 2.85. The highest BCUT2D eigenvalue weighted by atomic mass is 32.2. The minimum absolute atomic E-state index is 0.0356. The summed E-state index contributed by atoms with van der Waals surface area (Å²) in [6, 6.07) is 16.0. The van der Waals surface area contributed by atoms with Gasteiger partial charge in [0.1, 0.15) is 12.4 Å². The molecule has 1 unspecified atom stereocenters. The van der Waals surface area contributed by atoms with Gasteiger partial charge in [-0.1, -0.05) is 74.7 Å². The number of amidine groups is 1. The zero-order valence-electron chi connectivity index (χ0n) is 16.7. The normalized spacial score (nSPS) is 17.8. The van der Waals surface area contributed by atoms with Crippen molar-refractivity contribution in [1.82, 2.24) is 5.32 Å². The molecule has 0 spiro atoms. The molecule has 29 heavy (non-hydrogen) atoms. The Kier molecular flexibility index (Phi) is 7.25. The van der Waals surface area contributed by atoms with Gasteiger partial charge in [-0.3, -0.25) is 4.79 Å². The Morgan fingerprint density at radius 1 is 1.21 bits per heavy atom. The van der Waals surface area contributed by atoms with Gasteiger partial charge in [0.15, 0.2) is 5.17 Å². The van der Waals surface area contributed by atoms with Gasteiger partial charge in [0, 0.05) is 5.56 Å². The maximum absolute atomic E-state index is 12.3. The first-order chi connectivity index (χ1) is 14.1. The summed E-state index contributed by atoms with van der Waals surface area (Å²) in [6.07, 6.45) is 3.97. The van der Waals surface area contributed by atoms with Gasteiger partial charge in [0.2, 0.25) is 5.91 Å². The highest BCUT2D eigenvalue weighted by molar-refractivity contribution is 8.15. The van der Waals surface area contributed by atoms with E-state index in [1.54, 1.807) is 12.3 Å². The minimum atomic E-state index is -0.197. The van der Waals surface area contributed by atoms with Crippen molar-refractivity contribution >= 4 is 29.1 Å². The zero-order chi connectivity index (χ0) is 20.6. The number of rotatable bonds is 8. The molecule has 5 nitrogen and oxygen atoms in total. The molecular weight excluding hydrogens is 382 g/mol. The lowest BCUT2D eigenvalue weighted by Gasteiger charge is -2.08. The highest BCUT2D eigenvalue weighted by Gasteiger charge is 2.30. The molecule has 0 aliphatic carbocycles. The minimum Gasteiger partial charge on any atom is -0.489 e. The Morgan fingerprint density at radius 2 is 1.97 bits per heavy atom. The van der Waals surface area contributed by atoms with Crippen LogP contribution < -0.4 is 10.1 Å². The molecule has 2 aromatic rings. The van der Waals surface area contributed by atoms with Crippen molar-refractivity contribution in [3.63, 3.8) is 0 Å². The van der Waals surface area contributed by atoms with Crippen LogP contribution in [0.3, 0.4) is 0 Å². The number of amides is 1. The Balaban J connectivity index is 1.62. The van der Waals surface area contributed by atoms with Crippen LogP contribution in [0, 0.1) is 0 Å². The standard InChI is InChI=1S/C23H25N3O2S/c1-4-13-28-20-8-6-5-7-19(20)15-24-26-23-25-22(27)21(29-23)14-17-9-11-18(12-10-17)16(2)3/h4-12,15-16,21H,1,13-14H2,2-3H3,(H,25,26,27)/b24-15+. The Morgan fingerprint density at radius 3 is 2.69 bits per heavy atom. The van der Waals surface area contributed by atoms with Gasteiger partial charge in [0.05, 0.1) is 11.5 Å². The summed E-state index contributed by atoms with van der Waals surface area (Å²) in [5, 5.41) is 11.4. The van der Waals surface area contributed by atoms with Crippen LogP contribution in [0.4, 0.5) is 0 Å². The van der Waals surface area contributed by atoms with Crippen LogP contribution >= 0.6 is 11.8 Å². The van der Waals surface area contributed by atoms with Gasteiger partial charge in [-0.2, -0.15) is 5.10 Å². The van der Waals surface area contributed by atoms with E-state index >= 15 is 0 Å². The second-order valence-corrected chi connectivity index (χ2v) is 8.17. The highest BCUT2D eigenvalue weighted by Crippen LogP contribution is 2.24. The van der Waals surface area contributed by atoms with E-state index in [9.17, 15) is 4.79 Å². The molecule has 1 fully saturated rings. The fraction of sp³-hybridized carbons (Fsp3) is 0.261. The molecule has 1 atom stereocenters. The summed E-state index contributed by atoms with van der Waals surface area (Å²) in [4.78, 5) is 12.3. The number of ether oxygens (including phenoxy) is 1. The first-order valence-corrected chi connectivity index (χ1v) is 10.4. The predicted molar refractivity (Wildman–Crippen MR) is 121 cm³/mol. The molecule has 150 valence electrons. The van der Waals surface area contributed by atoms with Crippen LogP contribution in [0.25, 0.3) is 0 Å². The lowest BCUT2D eigenvalue weighted by Crippen LogP contribution is -2.25. The largest absolute Gasteiger partial charge is 0.489 e. The number of nitrogens with one attached hydrogen (secondary N) is 1. The van der Waals surface area contributed by atoms with E-state index in [-0.39, 0.29) is 11.2 Å². The third-order valence-corrected chi connectivity index (χ3v) is 5.54. The number of carbonyl (C=O) groups excluding carboxylic acids is 1. The first kappa shape index (κ1) is 20.9. The van der Waals surface area contributed by atoms with Crippen LogP contribution in [-0.2, 0) is 11.2 Å². The lowest BCUT2D eigenvalue weighted by atomic mass is 10.0. The molecular formula is C23H25N3O2S. The van der Waals surface area contributed by atoms with Gasteiger partial charge in [0.25, 0.3) is 0 Å². The van der Waals surface area contributed by atoms with E-state index in [2.05, 4.69) is 60.2 Å². The van der Waals surface area contributed by atoms with Crippen molar-refractivity contribution in [1.29, 1.82) is 0 Å². The molecule has 0 bridgehead atoms. The van der Waals surface area contributed by atoms with Crippen LogP contribution in [0.1, 0.15) is 36.5 Å². The molecule has 1 N–H and O–H groups in total. The van der Waals surface area contributed by atoms with Crippen molar-refractivity contribution in [2.75, 3.05) is 6.61 Å². The molecule has 3 rings (SSSR count). The van der Waals surface area contributed by atoms with Crippen LogP contribution in [0.5, 0.6) is 5.75 Å². The molecule has 0 saturated carbocycles. The quantitative estimate of drug-likeness (QED) is 0.397. The van der Waals surface area contributed by atoms with Gasteiger partial charge >= 0.3 is 0 Å². The molecule has 2 aromatic carbocycles. The zero-order valence-corrected chi connectivity index (χ0v) is 17.5. The smallest absolute Gasteiger partial charge is 0.239 e. The summed E-state index contributed by atoms with van der Waals surface area (Å²) < 4.78 is 5.60. The lowest BCUT2D eigenvalue weighted by molar-refractivity contribution is -0.118. The van der Waals surface area contributed by atoms with E-state index in [0.29, 0.717) is 29.9 Å². The molecule has 1 amide bonds. The number of nitrogens with zero attached hydrogens (tertiary/aromatic N) is 2. The predicted octanol–water partition coefficient (Wildman–Crippen LogP) is 4.54. The molecule has 6 heteroatoms. The average Bonchev–Trinajstić information content (AvgIpc) is 3.06. The average molecular weight is 408 g/mol. The molecule has 1 saturated heterocycles. The van der Waals surface area contributed by atoms with Crippen molar-refractivity contribution in [3.05, 3.63) is 77.9 Å². The van der Waals surface area contributed by atoms with Gasteiger partial charge in [-0.25, -0.2) is 0 Å². The van der Waals surface area contributed by atoms with E-state index in [0.717, 1.165) is 11.1 Å². The summed E-state index contributed by atoms with van der Waals surface area (Å²) in [5.41, 5.74) is 3.25. The van der Waals surface area contributed by atoms with E-state index in [4.69, 9.17) is 4.74 Å². The third-order valence-electron chi connectivity index (χ3n) is 4.47. The maximum atomic E-state index is 12.3. The number of thioether (sulfide) groups is 1. The van der Waals surface area contributed by atoms with E-state index in [1.807, 2.05) is 24.3 Å². The van der Waals surface area contributed by atoms with E-state index < -0.39 is 0 Å². The summed E-state index contributed by atoms with van der Waals surface area (Å²) in [7, 11) is 0. The van der Waals surface area contributed by atoms with Gasteiger partial charge < -0.3 is 10.1 Å². The third kappa shape index (κ3) is 5.81. The Hall–Kier alpha value is -2.86. The van der Waals surface area contributed by atoms with Gasteiger partial charge in [-0.15, -0.1) is 5.10 Å². The number of hydrogen-bond donors (Lipinski definition) is 1. The second-order valence-electron chi connectivity index (χ2n) is 6.98. The summed E-state index contributed by atoms with van der Waals surface area (Å²) >= 11 is 1.41. The van der Waals surface area contributed by atoms with Crippen molar-refractivity contribution in [3.8, 4) is 5.75 Å².